The molecule has 4 atom stereocenters. The molecule has 5 N–H and O–H groups in total. The predicted molar refractivity (Wildman–Crippen MR) is 167 cm³/mol. The molecule has 0 unspecified atom stereocenters. The summed E-state index contributed by atoms with van der Waals surface area (Å²) in [6.45, 7) is 7.05. The largest absolute Gasteiger partial charge is 0.390 e. The SMILES string of the molecule is Cc1ccc([C@@]23OC[C@@](C(C)(C)O)(C[C@H](O)[C@H]2O)O3)cc1Cc1ccc(CCCC(=O)NCCC(=O)NCCN(C)C)cc1. The van der Waals surface area contributed by atoms with Crippen molar-refractivity contribution in [3.8, 4) is 0 Å². The van der Waals surface area contributed by atoms with Gasteiger partial charge in [-0.2, -0.15) is 0 Å². The number of nitrogens with zero attached hydrogens (tertiary/aromatic N) is 1. The van der Waals surface area contributed by atoms with Crippen molar-refractivity contribution in [3.05, 3.63) is 70.3 Å². The Kier molecular flexibility index (Phi) is 10.9. The molecule has 2 amide bonds. The average molecular weight is 612 g/mol. The quantitative estimate of drug-likeness (QED) is 0.218. The van der Waals surface area contributed by atoms with Crippen molar-refractivity contribution < 1.29 is 34.4 Å². The number of aryl methyl sites for hydroxylation is 2. The molecule has 0 radical (unpaired) electrons. The molecule has 0 spiro atoms. The molecule has 2 heterocycles. The highest BCUT2D eigenvalue weighted by atomic mass is 16.8. The van der Waals surface area contributed by atoms with Crippen LogP contribution in [0.5, 0.6) is 0 Å². The van der Waals surface area contributed by atoms with Crippen LogP contribution in [0.1, 0.15) is 67.3 Å². The number of carbonyl (C=O) groups excluding carboxylic acids is 2. The van der Waals surface area contributed by atoms with E-state index in [1.165, 1.54) is 0 Å². The first-order valence-electron chi connectivity index (χ1n) is 15.5. The molecular formula is C34H49N3O7. The van der Waals surface area contributed by atoms with Gasteiger partial charge in [-0.05, 0) is 82.4 Å². The Balaban J connectivity index is 1.29. The summed E-state index contributed by atoms with van der Waals surface area (Å²) in [4.78, 5) is 26.0. The number of likely N-dealkylation sites (N-methyl/N-ethyl adjacent to an activating group) is 1. The Morgan fingerprint density at radius 1 is 1.00 bits per heavy atom. The van der Waals surface area contributed by atoms with E-state index in [9.17, 15) is 24.9 Å². The molecule has 2 fully saturated rings. The molecule has 44 heavy (non-hydrogen) atoms. The van der Waals surface area contributed by atoms with E-state index in [4.69, 9.17) is 9.47 Å². The van der Waals surface area contributed by atoms with Gasteiger partial charge in [0.15, 0.2) is 0 Å². The molecule has 2 aliphatic heterocycles. The van der Waals surface area contributed by atoms with Gasteiger partial charge in [0.05, 0.1) is 18.3 Å². The van der Waals surface area contributed by atoms with Crippen molar-refractivity contribution in [2.75, 3.05) is 40.3 Å². The van der Waals surface area contributed by atoms with Crippen molar-refractivity contribution in [1.82, 2.24) is 15.5 Å². The second-order valence-corrected chi connectivity index (χ2v) is 13.1. The van der Waals surface area contributed by atoms with Crippen molar-refractivity contribution in [3.63, 3.8) is 0 Å². The first-order chi connectivity index (χ1) is 20.7. The molecule has 2 aromatic rings. The monoisotopic (exact) mass is 611 g/mol. The van der Waals surface area contributed by atoms with Gasteiger partial charge in [0, 0.05) is 44.5 Å². The topological polar surface area (TPSA) is 141 Å². The van der Waals surface area contributed by atoms with E-state index in [0.29, 0.717) is 37.9 Å². The lowest BCUT2D eigenvalue weighted by atomic mass is 9.77. The van der Waals surface area contributed by atoms with Gasteiger partial charge in [0.1, 0.15) is 11.7 Å². The third kappa shape index (κ3) is 7.85. The number of hydrogen-bond donors (Lipinski definition) is 5. The maximum Gasteiger partial charge on any atom is 0.225 e. The van der Waals surface area contributed by atoms with Crippen LogP contribution in [0.3, 0.4) is 0 Å². The fourth-order valence-electron chi connectivity index (χ4n) is 5.87. The van der Waals surface area contributed by atoms with Crippen LogP contribution in [0.4, 0.5) is 0 Å². The molecule has 2 aliphatic rings. The summed E-state index contributed by atoms with van der Waals surface area (Å²) in [5.41, 5.74) is 2.55. The lowest BCUT2D eigenvalue weighted by molar-refractivity contribution is -0.319. The number of aliphatic hydroxyl groups excluding tert-OH is 2. The fourth-order valence-corrected chi connectivity index (χ4v) is 5.87. The Bertz CT molecular complexity index is 1290. The summed E-state index contributed by atoms with van der Waals surface area (Å²) < 4.78 is 12.4. The van der Waals surface area contributed by atoms with Gasteiger partial charge < -0.3 is 40.3 Å². The van der Waals surface area contributed by atoms with Gasteiger partial charge in [-0.15, -0.1) is 0 Å². The number of rotatable bonds is 14. The third-order valence-electron chi connectivity index (χ3n) is 8.87. The number of amides is 2. The number of hydrogen-bond acceptors (Lipinski definition) is 8. The van der Waals surface area contributed by atoms with Crippen LogP contribution in [0, 0.1) is 6.92 Å². The Morgan fingerprint density at radius 2 is 1.66 bits per heavy atom. The van der Waals surface area contributed by atoms with Gasteiger partial charge in [0.25, 0.3) is 0 Å². The summed E-state index contributed by atoms with van der Waals surface area (Å²) in [5, 5.41) is 38.2. The number of benzene rings is 2. The van der Waals surface area contributed by atoms with Crippen molar-refractivity contribution >= 4 is 11.8 Å². The smallest absolute Gasteiger partial charge is 0.225 e. The van der Waals surface area contributed by atoms with Crippen LogP contribution >= 0.6 is 0 Å². The lowest BCUT2D eigenvalue weighted by Crippen LogP contribution is -2.62. The maximum atomic E-state index is 12.2. The number of ether oxygens (including phenoxy) is 2. The van der Waals surface area contributed by atoms with Gasteiger partial charge in [-0.1, -0.05) is 36.4 Å². The molecule has 4 rings (SSSR count). The second kappa shape index (κ2) is 14.1. The van der Waals surface area contributed by atoms with Crippen LogP contribution < -0.4 is 10.6 Å². The lowest BCUT2D eigenvalue weighted by Gasteiger charge is -2.48. The number of fused-ring (bicyclic) bond motifs is 2. The molecule has 0 aliphatic carbocycles. The number of nitrogens with one attached hydrogen (secondary N) is 2. The fraction of sp³-hybridized carbons (Fsp3) is 0.588. The van der Waals surface area contributed by atoms with Crippen molar-refractivity contribution in [1.29, 1.82) is 0 Å². The molecular weight excluding hydrogens is 562 g/mol. The predicted octanol–water partition coefficient (Wildman–Crippen LogP) is 1.93. The van der Waals surface area contributed by atoms with E-state index in [1.807, 2.05) is 44.1 Å². The number of carbonyl (C=O) groups is 2. The zero-order valence-corrected chi connectivity index (χ0v) is 26.7. The normalized spacial score (nSPS) is 24.8. The molecule has 10 nitrogen and oxygen atoms in total. The summed E-state index contributed by atoms with van der Waals surface area (Å²) in [6, 6.07) is 14.1. The zero-order chi connectivity index (χ0) is 32.1. The van der Waals surface area contributed by atoms with Crippen LogP contribution in [0.2, 0.25) is 0 Å². The minimum Gasteiger partial charge on any atom is -0.390 e. The highest BCUT2D eigenvalue weighted by molar-refractivity contribution is 5.78. The molecule has 242 valence electrons. The van der Waals surface area contributed by atoms with Crippen molar-refractivity contribution in [2.24, 2.45) is 0 Å². The molecule has 0 aromatic heterocycles. The van der Waals surface area contributed by atoms with Crippen molar-refractivity contribution in [2.45, 2.75) is 88.5 Å². The second-order valence-electron chi connectivity index (χ2n) is 13.1. The summed E-state index contributed by atoms with van der Waals surface area (Å²) >= 11 is 0. The molecule has 2 aromatic carbocycles. The van der Waals surface area contributed by atoms with Gasteiger partial charge >= 0.3 is 0 Å². The Hall–Kier alpha value is -2.86. The van der Waals surface area contributed by atoms with Crippen LogP contribution in [0.25, 0.3) is 0 Å². The van der Waals surface area contributed by atoms with Crippen LogP contribution in [-0.4, -0.2) is 95.8 Å². The highest BCUT2D eigenvalue weighted by Crippen LogP contribution is 2.53. The maximum absolute atomic E-state index is 12.2. The summed E-state index contributed by atoms with van der Waals surface area (Å²) in [5.74, 6) is -1.68. The van der Waals surface area contributed by atoms with E-state index < -0.39 is 29.2 Å². The van der Waals surface area contributed by atoms with Gasteiger partial charge in [-0.3, -0.25) is 9.59 Å². The zero-order valence-electron chi connectivity index (χ0n) is 26.7. The minimum absolute atomic E-state index is 0.0526. The average Bonchev–Trinajstić information content (AvgIpc) is 3.31. The van der Waals surface area contributed by atoms with Crippen LogP contribution in [0.15, 0.2) is 42.5 Å². The summed E-state index contributed by atoms with van der Waals surface area (Å²) in [7, 11) is 3.90. The first-order valence-corrected chi connectivity index (χ1v) is 15.5. The standard InChI is InChI=1S/C34H49N3O7/c1-23-9-14-27(34-31(41)28(38)21-33(44-34,22-43-34)32(2,3)42)20-26(23)19-25-12-10-24(11-13-25)7-6-8-29(39)35-16-15-30(40)36-17-18-37(4)5/h9-14,20,28,31,38,41-42H,6-8,15-19,21-22H2,1-5H3,(H,35,39)(H,36,40)/t28-,31+,33+,34-/m0/s1. The van der Waals surface area contributed by atoms with E-state index in [0.717, 1.165) is 35.2 Å². The molecule has 2 bridgehead atoms. The Morgan fingerprint density at radius 3 is 2.34 bits per heavy atom. The third-order valence-corrected chi connectivity index (χ3v) is 8.87. The first kappa shape index (κ1) is 34.0. The highest BCUT2D eigenvalue weighted by Gasteiger charge is 2.66. The van der Waals surface area contributed by atoms with Gasteiger partial charge in [0.2, 0.25) is 17.6 Å². The number of aliphatic hydroxyl groups is 3. The minimum atomic E-state index is -1.56. The van der Waals surface area contributed by atoms with E-state index >= 15 is 0 Å². The van der Waals surface area contributed by atoms with Crippen LogP contribution in [-0.2, 0) is 37.7 Å². The summed E-state index contributed by atoms with van der Waals surface area (Å²) in [6.07, 6.45) is 0.477. The van der Waals surface area contributed by atoms with E-state index in [2.05, 4.69) is 34.9 Å². The van der Waals surface area contributed by atoms with Gasteiger partial charge in [-0.25, -0.2) is 0 Å². The molecule has 10 heteroatoms. The Labute approximate surface area is 260 Å². The van der Waals surface area contributed by atoms with E-state index in [-0.39, 0.29) is 31.3 Å². The molecule has 0 saturated carbocycles. The molecule has 2 saturated heterocycles. The van der Waals surface area contributed by atoms with E-state index in [1.54, 1.807) is 13.8 Å².